The van der Waals surface area contributed by atoms with E-state index in [1.807, 2.05) is 6.07 Å². The third kappa shape index (κ3) is 4.22. The lowest BCUT2D eigenvalue weighted by atomic mass is 10.1. The summed E-state index contributed by atoms with van der Waals surface area (Å²) >= 11 is 10.7. The van der Waals surface area contributed by atoms with E-state index >= 15 is 0 Å². The van der Waals surface area contributed by atoms with Crippen LogP contribution in [0, 0.1) is 0 Å². The van der Waals surface area contributed by atoms with Crippen molar-refractivity contribution in [2.24, 2.45) is 0 Å². The normalized spacial score (nSPS) is 11.8. The zero-order valence-electron chi connectivity index (χ0n) is 10.1. The Labute approximate surface area is 131 Å². The molecule has 0 spiro atoms. The molecule has 1 aromatic heterocycles. The molecule has 1 aromatic carbocycles. The molecule has 0 fully saturated rings. The third-order valence-corrected chi connectivity index (χ3v) is 5.08. The van der Waals surface area contributed by atoms with Gasteiger partial charge in [-0.2, -0.15) is 13.2 Å². The Kier molecular flexibility index (Phi) is 5.12. The van der Waals surface area contributed by atoms with Crippen LogP contribution in [0.5, 0.6) is 0 Å². The smallest absolute Gasteiger partial charge is 0.308 e. The van der Waals surface area contributed by atoms with Crippen molar-refractivity contribution < 1.29 is 13.2 Å². The summed E-state index contributed by atoms with van der Waals surface area (Å²) in [5.74, 6) is 0. The number of hydrogen-bond acceptors (Lipinski definition) is 2. The minimum Gasteiger partial charge on any atom is -0.308 e. The number of thiophene rings is 1. The van der Waals surface area contributed by atoms with E-state index in [1.165, 1.54) is 23.5 Å². The van der Waals surface area contributed by atoms with Crippen LogP contribution in [0.25, 0.3) is 0 Å². The molecule has 1 N–H and O–H groups in total. The Balaban J connectivity index is 1.88. The first-order valence-corrected chi connectivity index (χ1v) is 7.65. The molecule has 2 rings (SSSR count). The monoisotopic (exact) mass is 383 g/mol. The van der Waals surface area contributed by atoms with E-state index in [9.17, 15) is 13.2 Å². The maximum Gasteiger partial charge on any atom is 0.416 e. The average Bonchev–Trinajstić information content (AvgIpc) is 2.68. The van der Waals surface area contributed by atoms with Crippen LogP contribution in [-0.4, -0.2) is 0 Å². The van der Waals surface area contributed by atoms with Crippen LogP contribution in [0.2, 0.25) is 4.34 Å². The molecule has 0 unspecified atom stereocenters. The van der Waals surface area contributed by atoms with Gasteiger partial charge in [-0.1, -0.05) is 23.7 Å². The summed E-state index contributed by atoms with van der Waals surface area (Å²) in [6.07, 6.45) is -4.29. The van der Waals surface area contributed by atoms with E-state index in [-0.39, 0.29) is 0 Å². The molecule has 0 saturated carbocycles. The van der Waals surface area contributed by atoms with Crippen LogP contribution >= 0.6 is 38.9 Å². The van der Waals surface area contributed by atoms with Gasteiger partial charge in [-0.05, 0) is 39.7 Å². The summed E-state index contributed by atoms with van der Waals surface area (Å²) in [7, 11) is 0. The number of hydrogen-bond donors (Lipinski definition) is 1. The van der Waals surface area contributed by atoms with Gasteiger partial charge in [0.2, 0.25) is 0 Å². The number of alkyl halides is 3. The third-order valence-electron chi connectivity index (χ3n) is 2.61. The van der Waals surface area contributed by atoms with Crippen LogP contribution in [0.15, 0.2) is 34.8 Å². The van der Waals surface area contributed by atoms with Gasteiger partial charge < -0.3 is 5.32 Å². The lowest BCUT2D eigenvalue weighted by Crippen LogP contribution is -2.12. The molecule has 1 heterocycles. The Bertz CT molecular complexity index is 561. The molecule has 0 radical (unpaired) electrons. The molecule has 7 heteroatoms. The molecule has 0 atom stereocenters. The predicted molar refractivity (Wildman–Crippen MR) is 79.0 cm³/mol. The fraction of sp³-hybridized carbons (Fsp3) is 0.231. The second-order valence-corrected chi connectivity index (χ2v) is 6.73. The number of nitrogens with one attached hydrogen (secondary N) is 1. The lowest BCUT2D eigenvalue weighted by molar-refractivity contribution is -0.137. The molecule has 20 heavy (non-hydrogen) atoms. The summed E-state index contributed by atoms with van der Waals surface area (Å²) in [6, 6.07) is 7.07. The largest absolute Gasteiger partial charge is 0.416 e. The highest BCUT2D eigenvalue weighted by Crippen LogP contribution is 2.32. The highest BCUT2D eigenvalue weighted by molar-refractivity contribution is 9.10. The second-order valence-electron chi connectivity index (χ2n) is 4.13. The van der Waals surface area contributed by atoms with E-state index < -0.39 is 11.7 Å². The van der Waals surface area contributed by atoms with Gasteiger partial charge in [-0.15, -0.1) is 11.3 Å². The van der Waals surface area contributed by atoms with Gasteiger partial charge in [0, 0.05) is 22.4 Å². The standard InChI is InChI=1S/C13H10BrClF3NS/c14-11-5-10(20-12(11)15)7-19-6-8-1-3-9(4-2-8)13(16,17)18/h1-5,19H,6-7H2. The fourth-order valence-corrected chi connectivity index (χ4v) is 3.38. The first-order chi connectivity index (χ1) is 9.36. The van der Waals surface area contributed by atoms with Gasteiger partial charge in [-0.25, -0.2) is 0 Å². The quantitative estimate of drug-likeness (QED) is 0.737. The van der Waals surface area contributed by atoms with Gasteiger partial charge in [0.15, 0.2) is 0 Å². The van der Waals surface area contributed by atoms with Crippen molar-refractivity contribution in [2.75, 3.05) is 0 Å². The Hall–Kier alpha value is -0.560. The van der Waals surface area contributed by atoms with Crippen molar-refractivity contribution in [1.29, 1.82) is 0 Å². The number of halogens is 5. The van der Waals surface area contributed by atoms with E-state index in [2.05, 4.69) is 21.2 Å². The molecule has 0 amide bonds. The molecular formula is C13H10BrClF3NS. The van der Waals surface area contributed by atoms with Crippen LogP contribution in [0.3, 0.4) is 0 Å². The highest BCUT2D eigenvalue weighted by Gasteiger charge is 2.29. The van der Waals surface area contributed by atoms with E-state index in [0.29, 0.717) is 17.4 Å². The van der Waals surface area contributed by atoms with E-state index in [1.54, 1.807) is 0 Å². The zero-order valence-corrected chi connectivity index (χ0v) is 13.3. The number of benzene rings is 1. The van der Waals surface area contributed by atoms with Crippen LogP contribution in [0.1, 0.15) is 16.0 Å². The van der Waals surface area contributed by atoms with Crippen LogP contribution in [0.4, 0.5) is 13.2 Å². The molecular weight excluding hydrogens is 375 g/mol. The second kappa shape index (κ2) is 6.47. The molecule has 0 aliphatic heterocycles. The molecule has 0 saturated heterocycles. The maximum absolute atomic E-state index is 12.4. The molecule has 108 valence electrons. The first kappa shape index (κ1) is 15.8. The molecule has 0 aliphatic rings. The minimum atomic E-state index is -4.29. The summed E-state index contributed by atoms with van der Waals surface area (Å²) < 4.78 is 38.8. The maximum atomic E-state index is 12.4. The summed E-state index contributed by atoms with van der Waals surface area (Å²) in [5.41, 5.74) is 0.176. The summed E-state index contributed by atoms with van der Waals surface area (Å²) in [4.78, 5) is 1.06. The Morgan fingerprint density at radius 2 is 1.80 bits per heavy atom. The predicted octanol–water partition coefficient (Wildman–Crippen LogP) is 5.47. The van der Waals surface area contributed by atoms with E-state index in [0.717, 1.165) is 27.0 Å². The van der Waals surface area contributed by atoms with Crippen molar-refractivity contribution in [3.05, 3.63) is 55.1 Å². The average molecular weight is 385 g/mol. The van der Waals surface area contributed by atoms with Crippen molar-refractivity contribution >= 4 is 38.9 Å². The fourth-order valence-electron chi connectivity index (χ4n) is 1.62. The molecule has 0 bridgehead atoms. The van der Waals surface area contributed by atoms with Gasteiger partial charge in [0.1, 0.15) is 4.34 Å². The molecule has 0 aliphatic carbocycles. The summed E-state index contributed by atoms with van der Waals surface area (Å²) in [5, 5.41) is 3.17. The van der Waals surface area contributed by atoms with Crippen molar-refractivity contribution in [3.8, 4) is 0 Å². The van der Waals surface area contributed by atoms with Crippen LogP contribution in [-0.2, 0) is 19.3 Å². The molecule has 1 nitrogen and oxygen atoms in total. The highest BCUT2D eigenvalue weighted by atomic mass is 79.9. The van der Waals surface area contributed by atoms with Gasteiger partial charge in [-0.3, -0.25) is 0 Å². The topological polar surface area (TPSA) is 12.0 Å². The zero-order chi connectivity index (χ0) is 14.8. The van der Waals surface area contributed by atoms with Gasteiger partial charge in [0.05, 0.1) is 5.56 Å². The van der Waals surface area contributed by atoms with E-state index in [4.69, 9.17) is 11.6 Å². The molecule has 2 aromatic rings. The number of rotatable bonds is 4. The van der Waals surface area contributed by atoms with Crippen molar-refractivity contribution in [1.82, 2.24) is 5.32 Å². The SMILES string of the molecule is FC(F)(F)c1ccc(CNCc2cc(Br)c(Cl)s2)cc1. The minimum absolute atomic E-state index is 0.505. The van der Waals surface area contributed by atoms with Crippen molar-refractivity contribution in [3.63, 3.8) is 0 Å². The summed E-state index contributed by atoms with van der Waals surface area (Å²) in [6.45, 7) is 1.13. The van der Waals surface area contributed by atoms with Crippen LogP contribution < -0.4 is 5.32 Å². The Morgan fingerprint density at radius 3 is 2.30 bits per heavy atom. The van der Waals surface area contributed by atoms with Gasteiger partial charge >= 0.3 is 6.18 Å². The van der Waals surface area contributed by atoms with Gasteiger partial charge in [0.25, 0.3) is 0 Å². The first-order valence-electron chi connectivity index (χ1n) is 5.67. The lowest BCUT2D eigenvalue weighted by Gasteiger charge is -2.08. The van der Waals surface area contributed by atoms with Crippen molar-refractivity contribution in [2.45, 2.75) is 19.3 Å². The Morgan fingerprint density at radius 1 is 1.15 bits per heavy atom.